The number of amides is 1. The van der Waals surface area contributed by atoms with Crippen LogP contribution in [0, 0.1) is 5.92 Å². The highest BCUT2D eigenvalue weighted by Crippen LogP contribution is 2.20. The van der Waals surface area contributed by atoms with Crippen molar-refractivity contribution in [2.45, 2.75) is 63.3 Å². The number of carbonyl (C=O) groups is 1. The highest BCUT2D eigenvalue weighted by atomic mass is 32.2. The van der Waals surface area contributed by atoms with Gasteiger partial charge < -0.3 is 5.32 Å². The molecule has 24 heavy (non-hydrogen) atoms. The van der Waals surface area contributed by atoms with E-state index in [0.717, 1.165) is 25.7 Å². The largest absolute Gasteiger partial charge is 0.352 e. The smallest absolute Gasteiger partial charge is 0.251 e. The fourth-order valence-corrected chi connectivity index (χ4v) is 4.17. The summed E-state index contributed by atoms with van der Waals surface area (Å²) in [5.74, 6) is 0.196. The lowest BCUT2D eigenvalue weighted by atomic mass is 10.1. The average Bonchev–Trinajstić information content (AvgIpc) is 2.81. The molecule has 6 heteroatoms. The van der Waals surface area contributed by atoms with Gasteiger partial charge in [0.25, 0.3) is 5.91 Å². The van der Waals surface area contributed by atoms with Crippen molar-refractivity contribution in [3.8, 4) is 0 Å². The molecule has 2 rings (SSSR count). The standard InChI is InChI=1S/C18H28N2O3S/c1-14(2)13-19-18(21)15-9-11-17(12-10-15)24(22,23)20-16-7-5-3-4-6-8-16/h9-12,14,16,20H,3-8,13H2,1-2H3,(H,19,21). The van der Waals surface area contributed by atoms with Crippen LogP contribution in [0.3, 0.4) is 0 Å². The number of nitrogens with one attached hydrogen (secondary N) is 2. The molecule has 1 aromatic rings. The minimum absolute atomic E-state index is 0.0199. The van der Waals surface area contributed by atoms with Gasteiger partial charge >= 0.3 is 0 Å². The van der Waals surface area contributed by atoms with Gasteiger partial charge in [0, 0.05) is 18.2 Å². The second-order valence-electron chi connectivity index (χ2n) is 6.94. The number of hydrogen-bond acceptors (Lipinski definition) is 3. The summed E-state index contributed by atoms with van der Waals surface area (Å²) in [5.41, 5.74) is 0.476. The van der Waals surface area contributed by atoms with Gasteiger partial charge in [-0.25, -0.2) is 13.1 Å². The Kier molecular flexibility index (Phi) is 6.80. The van der Waals surface area contributed by atoms with Gasteiger partial charge in [-0.05, 0) is 43.0 Å². The van der Waals surface area contributed by atoms with Crippen molar-refractivity contribution in [1.29, 1.82) is 0 Å². The van der Waals surface area contributed by atoms with Gasteiger partial charge in [0.1, 0.15) is 0 Å². The number of benzene rings is 1. The van der Waals surface area contributed by atoms with Crippen molar-refractivity contribution >= 4 is 15.9 Å². The molecule has 0 saturated heterocycles. The van der Waals surface area contributed by atoms with Crippen molar-refractivity contribution in [1.82, 2.24) is 10.0 Å². The highest BCUT2D eigenvalue weighted by molar-refractivity contribution is 7.89. The second kappa shape index (κ2) is 8.62. The van der Waals surface area contributed by atoms with E-state index in [1.165, 1.54) is 25.0 Å². The first-order valence-corrected chi connectivity index (χ1v) is 10.3. The summed E-state index contributed by atoms with van der Waals surface area (Å²) in [6, 6.07) is 6.16. The summed E-state index contributed by atoms with van der Waals surface area (Å²) in [6.45, 7) is 4.65. The Morgan fingerprint density at radius 3 is 2.21 bits per heavy atom. The molecule has 0 spiro atoms. The van der Waals surface area contributed by atoms with Crippen molar-refractivity contribution in [3.05, 3.63) is 29.8 Å². The molecule has 5 nitrogen and oxygen atoms in total. The number of hydrogen-bond donors (Lipinski definition) is 2. The summed E-state index contributed by atoms with van der Waals surface area (Å²) in [6.07, 6.45) is 6.30. The Bertz CT molecular complexity index is 631. The fourth-order valence-electron chi connectivity index (χ4n) is 2.87. The molecular formula is C18H28N2O3S. The first kappa shape index (κ1) is 18.9. The summed E-state index contributed by atoms with van der Waals surface area (Å²) in [4.78, 5) is 12.2. The molecule has 0 aliphatic heterocycles. The van der Waals surface area contributed by atoms with E-state index in [-0.39, 0.29) is 16.8 Å². The lowest BCUT2D eigenvalue weighted by molar-refractivity contribution is 0.0949. The van der Waals surface area contributed by atoms with Crippen LogP contribution < -0.4 is 10.0 Å². The van der Waals surface area contributed by atoms with Crippen LogP contribution >= 0.6 is 0 Å². The van der Waals surface area contributed by atoms with Gasteiger partial charge in [0.2, 0.25) is 10.0 Å². The van der Waals surface area contributed by atoms with Gasteiger partial charge in [-0.15, -0.1) is 0 Å². The molecule has 0 unspecified atom stereocenters. The number of rotatable bonds is 6. The molecule has 1 aliphatic carbocycles. The van der Waals surface area contributed by atoms with E-state index in [1.807, 2.05) is 13.8 Å². The molecule has 134 valence electrons. The minimum atomic E-state index is -3.53. The van der Waals surface area contributed by atoms with E-state index in [1.54, 1.807) is 12.1 Å². The molecule has 0 bridgehead atoms. The van der Waals surface area contributed by atoms with Crippen LogP contribution in [0.15, 0.2) is 29.2 Å². The second-order valence-corrected chi connectivity index (χ2v) is 8.65. The minimum Gasteiger partial charge on any atom is -0.352 e. The summed E-state index contributed by atoms with van der Waals surface area (Å²) in [7, 11) is -3.53. The van der Waals surface area contributed by atoms with Gasteiger partial charge in [-0.1, -0.05) is 39.5 Å². The molecule has 1 amide bonds. The van der Waals surface area contributed by atoms with E-state index in [9.17, 15) is 13.2 Å². The van der Waals surface area contributed by atoms with E-state index in [2.05, 4.69) is 10.0 Å². The first-order chi connectivity index (χ1) is 11.4. The van der Waals surface area contributed by atoms with E-state index < -0.39 is 10.0 Å². The van der Waals surface area contributed by atoms with Crippen LogP contribution in [0.1, 0.15) is 62.7 Å². The first-order valence-electron chi connectivity index (χ1n) is 8.79. The van der Waals surface area contributed by atoms with Crippen LogP contribution in [0.2, 0.25) is 0 Å². The van der Waals surface area contributed by atoms with Crippen molar-refractivity contribution in [2.75, 3.05) is 6.54 Å². The molecular weight excluding hydrogens is 324 g/mol. The number of sulfonamides is 1. The fraction of sp³-hybridized carbons (Fsp3) is 0.611. The Morgan fingerprint density at radius 1 is 1.08 bits per heavy atom. The molecule has 0 atom stereocenters. The van der Waals surface area contributed by atoms with Crippen LogP contribution in [-0.2, 0) is 10.0 Å². The normalized spacial score (nSPS) is 16.8. The Balaban J connectivity index is 2.01. The maximum Gasteiger partial charge on any atom is 0.251 e. The zero-order valence-corrected chi connectivity index (χ0v) is 15.4. The lowest BCUT2D eigenvalue weighted by Gasteiger charge is -2.16. The maximum atomic E-state index is 12.5. The number of carbonyl (C=O) groups excluding carboxylic acids is 1. The Labute approximate surface area is 145 Å². The van der Waals surface area contributed by atoms with Gasteiger partial charge in [-0.3, -0.25) is 4.79 Å². The molecule has 1 aliphatic rings. The Hall–Kier alpha value is -1.40. The zero-order valence-electron chi connectivity index (χ0n) is 14.5. The molecule has 1 fully saturated rings. The lowest BCUT2D eigenvalue weighted by Crippen LogP contribution is -2.34. The average molecular weight is 353 g/mol. The SMILES string of the molecule is CC(C)CNC(=O)c1ccc(S(=O)(=O)NC2CCCCCC2)cc1. The third-order valence-corrected chi connectivity index (χ3v) is 5.81. The van der Waals surface area contributed by atoms with Crippen molar-refractivity contribution < 1.29 is 13.2 Å². The molecule has 0 heterocycles. The van der Waals surface area contributed by atoms with Crippen LogP contribution in [0.5, 0.6) is 0 Å². The van der Waals surface area contributed by atoms with E-state index >= 15 is 0 Å². The van der Waals surface area contributed by atoms with Crippen molar-refractivity contribution in [2.24, 2.45) is 5.92 Å². The Morgan fingerprint density at radius 2 is 1.67 bits per heavy atom. The van der Waals surface area contributed by atoms with Crippen LogP contribution in [-0.4, -0.2) is 26.9 Å². The van der Waals surface area contributed by atoms with Crippen LogP contribution in [0.4, 0.5) is 0 Å². The van der Waals surface area contributed by atoms with Crippen LogP contribution in [0.25, 0.3) is 0 Å². The molecule has 2 N–H and O–H groups in total. The van der Waals surface area contributed by atoms with E-state index in [4.69, 9.17) is 0 Å². The molecule has 0 radical (unpaired) electrons. The summed E-state index contributed by atoms with van der Waals surface area (Å²) in [5, 5.41) is 2.83. The third-order valence-electron chi connectivity index (χ3n) is 4.27. The summed E-state index contributed by atoms with van der Waals surface area (Å²) >= 11 is 0. The topological polar surface area (TPSA) is 75.3 Å². The van der Waals surface area contributed by atoms with Gasteiger partial charge in [0.05, 0.1) is 4.90 Å². The van der Waals surface area contributed by atoms with Gasteiger partial charge in [-0.2, -0.15) is 0 Å². The maximum absolute atomic E-state index is 12.5. The van der Waals surface area contributed by atoms with Crippen molar-refractivity contribution in [3.63, 3.8) is 0 Å². The predicted molar refractivity (Wildman–Crippen MR) is 95.4 cm³/mol. The van der Waals surface area contributed by atoms with E-state index in [0.29, 0.717) is 18.0 Å². The monoisotopic (exact) mass is 352 g/mol. The molecule has 1 saturated carbocycles. The molecule has 1 aromatic carbocycles. The van der Waals surface area contributed by atoms with Gasteiger partial charge in [0.15, 0.2) is 0 Å². The predicted octanol–water partition coefficient (Wildman–Crippen LogP) is 3.07. The zero-order chi connectivity index (χ0) is 17.6. The molecule has 0 aromatic heterocycles. The third kappa shape index (κ3) is 5.60. The summed E-state index contributed by atoms with van der Waals surface area (Å²) < 4.78 is 27.8. The highest BCUT2D eigenvalue weighted by Gasteiger charge is 2.21. The quantitative estimate of drug-likeness (QED) is 0.773.